The summed E-state index contributed by atoms with van der Waals surface area (Å²) in [5.74, 6) is -7.08. The Morgan fingerprint density at radius 2 is 1.20 bits per heavy atom. The van der Waals surface area contributed by atoms with Crippen LogP contribution in [0, 0.1) is 0 Å². The minimum Gasteiger partial charge on any atom is -0.481 e. The van der Waals surface area contributed by atoms with Crippen molar-refractivity contribution in [3.63, 3.8) is 0 Å². The minimum absolute atomic E-state index is 0.0289. The van der Waals surface area contributed by atoms with E-state index in [1.54, 1.807) is 30.3 Å². The summed E-state index contributed by atoms with van der Waals surface area (Å²) < 4.78 is 0. The monoisotopic (exact) mass is 769 g/mol. The molecule has 0 bridgehead atoms. The molecule has 8 atom stereocenters. The second-order valence-electron chi connectivity index (χ2n) is 12.5. The number of primary amides is 1. The van der Waals surface area contributed by atoms with Gasteiger partial charge in [0.1, 0.15) is 30.2 Å². The van der Waals surface area contributed by atoms with Gasteiger partial charge in [0.05, 0.1) is 32.0 Å². The molecule has 0 fully saturated rings. The first-order chi connectivity index (χ1) is 25.6. The molecule has 8 unspecified atom stereocenters. The molecule has 0 aromatic heterocycles. The van der Waals surface area contributed by atoms with Crippen molar-refractivity contribution in [3.8, 4) is 0 Å². The number of unbranched alkanes of at least 4 members (excludes halogenated alkanes) is 1. The van der Waals surface area contributed by atoms with Gasteiger partial charge in [-0.15, -0.1) is 0 Å². The third-order valence-corrected chi connectivity index (χ3v) is 8.04. The van der Waals surface area contributed by atoms with Crippen LogP contribution in [-0.4, -0.2) is 148 Å². The van der Waals surface area contributed by atoms with Crippen molar-refractivity contribution in [1.29, 1.82) is 0 Å². The topological polar surface area (TPSA) is 371 Å². The molecule has 0 spiro atoms. The summed E-state index contributed by atoms with van der Waals surface area (Å²) in [7, 11) is 0. The zero-order valence-corrected chi connectivity index (χ0v) is 30.1. The number of aliphatic carboxylic acids is 1. The van der Waals surface area contributed by atoms with Gasteiger partial charge in [-0.2, -0.15) is 0 Å². The summed E-state index contributed by atoms with van der Waals surface area (Å²) in [6, 6.07) is -0.976. The molecule has 1 rings (SSSR count). The number of carboxylic acid groups (broad SMARTS) is 1. The summed E-state index contributed by atoms with van der Waals surface area (Å²) in [5, 5.41) is 62.7. The van der Waals surface area contributed by atoms with Crippen molar-refractivity contribution < 1.29 is 59.1 Å². The fourth-order valence-corrected chi connectivity index (χ4v) is 4.91. The van der Waals surface area contributed by atoms with E-state index < -0.39 is 116 Å². The van der Waals surface area contributed by atoms with E-state index in [4.69, 9.17) is 22.3 Å². The van der Waals surface area contributed by atoms with E-state index in [0.29, 0.717) is 18.4 Å². The van der Waals surface area contributed by atoms with E-state index in [1.807, 2.05) is 0 Å². The van der Waals surface area contributed by atoms with Gasteiger partial charge in [0.15, 0.2) is 0 Å². The maximum atomic E-state index is 13.3. The molecule has 0 saturated carbocycles. The third kappa shape index (κ3) is 17.4. The smallest absolute Gasteiger partial charge is 0.303 e. The normalized spacial score (nSPS) is 15.5. The summed E-state index contributed by atoms with van der Waals surface area (Å²) in [6.07, 6.45) is -1.54. The average molecular weight is 770 g/mol. The quantitative estimate of drug-likeness (QED) is 0.0370. The summed E-state index contributed by atoms with van der Waals surface area (Å²) in [6.45, 7) is -1.06. The highest BCUT2D eigenvalue weighted by Gasteiger charge is 2.34. The number of hydrogen-bond acceptors (Lipinski definition) is 14. The molecule has 54 heavy (non-hydrogen) atoms. The van der Waals surface area contributed by atoms with Crippen LogP contribution in [0.1, 0.15) is 44.6 Å². The third-order valence-electron chi connectivity index (χ3n) is 8.04. The molecule has 0 aliphatic carbocycles. The van der Waals surface area contributed by atoms with Crippen molar-refractivity contribution in [1.82, 2.24) is 31.9 Å². The number of nitrogens with one attached hydrogen (secondary N) is 6. The largest absolute Gasteiger partial charge is 0.481 e. The Morgan fingerprint density at radius 3 is 1.70 bits per heavy atom. The van der Waals surface area contributed by atoms with Gasteiger partial charge in [-0.1, -0.05) is 30.3 Å². The minimum atomic E-state index is -1.73. The Bertz CT molecular complexity index is 1370. The maximum absolute atomic E-state index is 13.3. The fraction of sp³-hybridized carbons (Fsp3) is 0.606. The highest BCUT2D eigenvalue weighted by atomic mass is 16.4. The van der Waals surface area contributed by atoms with Gasteiger partial charge in [0.25, 0.3) is 0 Å². The van der Waals surface area contributed by atoms with Crippen LogP contribution in [0.2, 0.25) is 0 Å². The van der Waals surface area contributed by atoms with Crippen molar-refractivity contribution in [2.75, 3.05) is 32.9 Å². The number of carbonyl (C=O) groups is 7. The fourth-order valence-electron chi connectivity index (χ4n) is 4.91. The number of carbonyl (C=O) groups excluding carboxylic acids is 6. The van der Waals surface area contributed by atoms with Crippen LogP contribution >= 0.6 is 0 Å². The molecule has 1 aromatic rings. The second-order valence-corrected chi connectivity index (χ2v) is 12.5. The zero-order chi connectivity index (χ0) is 40.8. The lowest BCUT2D eigenvalue weighted by molar-refractivity contribution is -0.138. The Morgan fingerprint density at radius 1 is 0.685 bits per heavy atom. The summed E-state index contributed by atoms with van der Waals surface area (Å²) in [4.78, 5) is 89.0. The first-order valence-electron chi connectivity index (χ1n) is 17.3. The number of nitrogens with two attached hydrogens (primary N) is 3. The van der Waals surface area contributed by atoms with Crippen LogP contribution in [0.4, 0.5) is 0 Å². The Kier molecular flexibility index (Phi) is 22.1. The van der Waals surface area contributed by atoms with Gasteiger partial charge >= 0.3 is 5.97 Å². The molecule has 0 heterocycles. The van der Waals surface area contributed by atoms with Gasteiger partial charge < -0.3 is 74.6 Å². The number of aliphatic hydroxyl groups is 4. The van der Waals surface area contributed by atoms with E-state index >= 15 is 0 Å². The predicted octanol–water partition coefficient (Wildman–Crippen LogP) is -6.22. The van der Waals surface area contributed by atoms with Crippen LogP contribution in [0.3, 0.4) is 0 Å². The summed E-state index contributed by atoms with van der Waals surface area (Å²) >= 11 is 0. The molecule has 304 valence electrons. The number of carboxylic acids is 1. The van der Waals surface area contributed by atoms with Gasteiger partial charge in [-0.05, 0) is 44.7 Å². The Hall–Kier alpha value is -4.77. The lowest BCUT2D eigenvalue weighted by Gasteiger charge is -2.27. The van der Waals surface area contributed by atoms with Gasteiger partial charge in [-0.3, -0.25) is 33.6 Å². The number of rotatable bonds is 27. The van der Waals surface area contributed by atoms with Gasteiger partial charge in [-0.25, -0.2) is 0 Å². The molecule has 0 saturated heterocycles. The SMILES string of the molecule is CC(O)C(NC(=O)C(CCC(=O)O)NCC(N)CO)C(=O)NC(CO)C(=O)NC(CCCCN)C(=O)NC(CO)C(=O)NC(Cc1ccccc1)C(N)=O. The van der Waals surface area contributed by atoms with Crippen molar-refractivity contribution in [2.24, 2.45) is 17.2 Å². The standard InChI is InChI=1S/C33H55N9O12/c1-18(46)27(42-29(50)21(10-11-26(47)48)37-14-20(35)15-43)33(54)41-25(17-45)31(52)38-22(9-5-6-12-34)30(51)40-24(16-44)32(53)39-23(28(36)49)13-19-7-3-2-4-8-19/h2-4,7-8,18,20-25,27,37,43-46H,5-6,9-17,34-35H2,1H3,(H2,36,49)(H,38,52)(H,39,53)(H,40,51)(H,41,54)(H,42,50)(H,47,48). The van der Waals surface area contributed by atoms with Crippen LogP contribution in [0.5, 0.6) is 0 Å². The highest BCUT2D eigenvalue weighted by molar-refractivity contribution is 5.96. The van der Waals surface area contributed by atoms with Crippen molar-refractivity contribution in [3.05, 3.63) is 35.9 Å². The molecular formula is C33H55N9O12. The van der Waals surface area contributed by atoms with E-state index in [9.17, 15) is 54.0 Å². The van der Waals surface area contributed by atoms with Gasteiger partial charge in [0, 0.05) is 25.4 Å². The lowest BCUT2D eigenvalue weighted by Crippen LogP contribution is -2.62. The van der Waals surface area contributed by atoms with Crippen LogP contribution < -0.4 is 49.1 Å². The van der Waals surface area contributed by atoms with Crippen molar-refractivity contribution in [2.45, 2.75) is 93.8 Å². The maximum Gasteiger partial charge on any atom is 0.303 e. The second kappa shape index (κ2) is 25.3. The molecular weight excluding hydrogens is 714 g/mol. The molecule has 21 nitrogen and oxygen atoms in total. The molecule has 6 amide bonds. The van der Waals surface area contributed by atoms with Crippen LogP contribution in [-0.2, 0) is 40.0 Å². The first-order valence-corrected chi connectivity index (χ1v) is 17.3. The van der Waals surface area contributed by atoms with Gasteiger partial charge in [0.2, 0.25) is 35.4 Å². The molecule has 0 radical (unpaired) electrons. The summed E-state index contributed by atoms with van der Waals surface area (Å²) in [5.41, 5.74) is 17.4. The highest BCUT2D eigenvalue weighted by Crippen LogP contribution is 2.07. The molecule has 0 aliphatic heterocycles. The van der Waals surface area contributed by atoms with E-state index in [0.717, 1.165) is 6.92 Å². The van der Waals surface area contributed by atoms with E-state index in [-0.39, 0.29) is 32.4 Å². The average Bonchev–Trinajstić information content (AvgIpc) is 3.13. The number of hydrogen-bond donors (Lipinski definition) is 14. The first kappa shape index (κ1) is 47.3. The number of aliphatic hydroxyl groups excluding tert-OH is 4. The van der Waals surface area contributed by atoms with E-state index in [2.05, 4.69) is 31.9 Å². The number of amides is 6. The molecule has 1 aromatic carbocycles. The Labute approximate surface area is 312 Å². The van der Waals surface area contributed by atoms with Crippen LogP contribution in [0.15, 0.2) is 30.3 Å². The van der Waals surface area contributed by atoms with Crippen molar-refractivity contribution >= 4 is 41.4 Å². The van der Waals surface area contributed by atoms with E-state index in [1.165, 1.54) is 0 Å². The number of benzene rings is 1. The van der Waals surface area contributed by atoms with Crippen LogP contribution in [0.25, 0.3) is 0 Å². The zero-order valence-electron chi connectivity index (χ0n) is 30.1. The predicted molar refractivity (Wildman–Crippen MR) is 191 cm³/mol. The lowest BCUT2D eigenvalue weighted by atomic mass is 10.0. The Balaban J connectivity index is 3.08. The molecule has 17 N–H and O–H groups in total. The molecule has 0 aliphatic rings. The molecule has 21 heteroatoms.